The molecule has 1 aromatic rings. The number of aliphatic hydroxyl groups excluding tert-OH is 3. The van der Waals surface area contributed by atoms with E-state index < -0.39 is 48.2 Å². The number of ether oxygens (including phenoxy) is 1. The molecule has 0 radical (unpaired) electrons. The number of hydrogen-bond donors (Lipinski definition) is 4. The van der Waals surface area contributed by atoms with Crippen LogP contribution in [0.2, 0.25) is 0 Å². The normalized spacial score (nSPS) is 16.8. The molecule has 0 aliphatic rings. The molecule has 9 nitrogen and oxygen atoms in total. The van der Waals surface area contributed by atoms with E-state index in [0.717, 1.165) is 0 Å². The van der Waals surface area contributed by atoms with Crippen molar-refractivity contribution < 1.29 is 24.4 Å². The number of hydrogen-bond acceptors (Lipinski definition) is 7. The van der Waals surface area contributed by atoms with Crippen LogP contribution in [0.15, 0.2) is 15.8 Å². The van der Waals surface area contributed by atoms with Gasteiger partial charge in [-0.25, -0.2) is 4.79 Å². The third-order valence-corrected chi connectivity index (χ3v) is 2.74. The molecule has 0 aliphatic carbocycles. The van der Waals surface area contributed by atoms with Gasteiger partial charge in [0.05, 0.1) is 18.9 Å². The molecular weight excluding hydrogens is 289 g/mol. The van der Waals surface area contributed by atoms with Crippen LogP contribution in [0.4, 0.5) is 4.39 Å². The van der Waals surface area contributed by atoms with Gasteiger partial charge in [0.25, 0.3) is 11.3 Å². The zero-order chi connectivity index (χ0) is 16.2. The molecule has 0 unspecified atom stereocenters. The Bertz CT molecular complexity index is 649. The van der Waals surface area contributed by atoms with Crippen molar-refractivity contribution in [3.05, 3.63) is 32.9 Å². The highest BCUT2D eigenvalue weighted by Crippen LogP contribution is 2.19. The Morgan fingerprint density at radius 3 is 2.62 bits per heavy atom. The molecule has 0 amide bonds. The fraction of sp³-hybridized carbons (Fsp3) is 0.545. The largest absolute Gasteiger partial charge is 0.394 e. The molecule has 0 spiro atoms. The minimum Gasteiger partial charge on any atom is -0.394 e. The van der Waals surface area contributed by atoms with Crippen LogP contribution in [0.3, 0.4) is 0 Å². The number of H-pyrrole nitrogens is 1. The number of aliphatic hydroxyl groups is 3. The zero-order valence-corrected chi connectivity index (χ0v) is 11.0. The Kier molecular flexibility index (Phi) is 5.34. The highest BCUT2D eigenvalue weighted by Gasteiger charge is 2.38. The van der Waals surface area contributed by atoms with Crippen molar-refractivity contribution in [3.8, 4) is 6.07 Å². The van der Waals surface area contributed by atoms with Crippen LogP contribution in [0.1, 0.15) is 6.92 Å². The van der Waals surface area contributed by atoms with Crippen LogP contribution in [0.5, 0.6) is 0 Å². The Balaban J connectivity index is 3.42. The second-order valence-corrected chi connectivity index (χ2v) is 4.24. The fourth-order valence-electron chi connectivity index (χ4n) is 1.54. The van der Waals surface area contributed by atoms with Crippen molar-refractivity contribution >= 4 is 0 Å². The van der Waals surface area contributed by atoms with E-state index in [1.165, 1.54) is 13.0 Å². The molecule has 0 saturated carbocycles. The Hall–Kier alpha value is -2.06. The lowest BCUT2D eigenvalue weighted by Gasteiger charge is -2.31. The van der Waals surface area contributed by atoms with Crippen molar-refractivity contribution in [1.29, 1.82) is 5.26 Å². The molecule has 21 heavy (non-hydrogen) atoms. The fourth-order valence-corrected chi connectivity index (χ4v) is 1.54. The zero-order valence-electron chi connectivity index (χ0n) is 11.0. The third kappa shape index (κ3) is 3.34. The second kappa shape index (κ2) is 6.59. The maximum absolute atomic E-state index is 13.3. The summed E-state index contributed by atoms with van der Waals surface area (Å²) in [5.74, 6) is -1.37. The number of halogens is 1. The molecule has 1 aromatic heterocycles. The van der Waals surface area contributed by atoms with Crippen molar-refractivity contribution in [1.82, 2.24) is 9.55 Å². The van der Waals surface area contributed by atoms with Gasteiger partial charge in [-0.1, -0.05) is 0 Å². The third-order valence-electron chi connectivity index (χ3n) is 2.74. The molecule has 3 atom stereocenters. The van der Waals surface area contributed by atoms with E-state index in [-0.39, 0.29) is 0 Å². The lowest BCUT2D eigenvalue weighted by molar-refractivity contribution is -0.175. The van der Waals surface area contributed by atoms with Crippen LogP contribution in [0, 0.1) is 17.1 Å². The lowest BCUT2D eigenvalue weighted by atomic mass is 10.2. The Labute approximate surface area is 117 Å². The van der Waals surface area contributed by atoms with Gasteiger partial charge >= 0.3 is 5.69 Å². The highest BCUT2D eigenvalue weighted by molar-refractivity contribution is 5.03. The van der Waals surface area contributed by atoms with Gasteiger partial charge in [-0.2, -0.15) is 9.65 Å². The van der Waals surface area contributed by atoms with E-state index in [4.69, 9.17) is 15.1 Å². The lowest BCUT2D eigenvalue weighted by Crippen LogP contribution is -2.51. The molecule has 0 saturated heterocycles. The summed E-state index contributed by atoms with van der Waals surface area (Å²) in [6.45, 7) is -0.559. The van der Waals surface area contributed by atoms with Crippen molar-refractivity contribution in [2.75, 3.05) is 13.2 Å². The summed E-state index contributed by atoms with van der Waals surface area (Å²) in [6.07, 6.45) is -2.16. The molecule has 116 valence electrons. The van der Waals surface area contributed by atoms with E-state index >= 15 is 0 Å². The van der Waals surface area contributed by atoms with Gasteiger partial charge in [0.1, 0.15) is 18.8 Å². The molecule has 0 aliphatic heterocycles. The van der Waals surface area contributed by atoms with Gasteiger partial charge in [0.2, 0.25) is 5.82 Å². The van der Waals surface area contributed by atoms with E-state index in [1.54, 1.807) is 4.98 Å². The summed E-state index contributed by atoms with van der Waals surface area (Å²) in [6, 6.07) is 1.47. The average Bonchev–Trinajstić information content (AvgIpc) is 2.45. The first-order valence-corrected chi connectivity index (χ1v) is 5.82. The summed E-state index contributed by atoms with van der Waals surface area (Å²) in [4.78, 5) is 24.3. The topological polar surface area (TPSA) is 149 Å². The molecule has 0 bridgehead atoms. The SMILES string of the molecule is C[C@H](O)[C@@H](CO)O[C@](C#N)(CO)n1cc(F)c(=O)[nH]c1=O. The summed E-state index contributed by atoms with van der Waals surface area (Å²) < 4.78 is 18.7. The van der Waals surface area contributed by atoms with Crippen LogP contribution in [-0.4, -0.2) is 50.3 Å². The summed E-state index contributed by atoms with van der Waals surface area (Å²) in [7, 11) is 0. The van der Waals surface area contributed by atoms with Crippen molar-refractivity contribution in [2.45, 2.75) is 24.9 Å². The smallest absolute Gasteiger partial charge is 0.331 e. The number of nitrogens with zero attached hydrogens (tertiary/aromatic N) is 2. The highest BCUT2D eigenvalue weighted by atomic mass is 19.1. The predicted molar refractivity (Wildman–Crippen MR) is 65.6 cm³/mol. The summed E-state index contributed by atoms with van der Waals surface area (Å²) in [5.41, 5.74) is -4.90. The van der Waals surface area contributed by atoms with E-state index in [2.05, 4.69) is 0 Å². The minimum atomic E-state index is -2.41. The molecule has 1 heterocycles. The standard InChI is InChI=1S/C11H14FN3O6/c1-6(18)8(3-16)21-11(4-13,5-17)15-2-7(12)9(19)14-10(15)20/h2,6,8,16-18H,3,5H2,1H3,(H,14,19,20)/t6-,8+,11+/m0/s1. The van der Waals surface area contributed by atoms with Crippen LogP contribution in [0.25, 0.3) is 0 Å². The maximum atomic E-state index is 13.3. The summed E-state index contributed by atoms with van der Waals surface area (Å²) in [5, 5.41) is 37.0. The van der Waals surface area contributed by atoms with E-state index in [0.29, 0.717) is 10.8 Å². The van der Waals surface area contributed by atoms with Crippen LogP contribution in [-0.2, 0) is 10.5 Å². The van der Waals surface area contributed by atoms with Crippen molar-refractivity contribution in [3.63, 3.8) is 0 Å². The van der Waals surface area contributed by atoms with Gasteiger partial charge in [0.15, 0.2) is 0 Å². The van der Waals surface area contributed by atoms with Gasteiger partial charge in [0, 0.05) is 0 Å². The molecular formula is C11H14FN3O6. The molecule has 10 heteroatoms. The summed E-state index contributed by atoms with van der Waals surface area (Å²) >= 11 is 0. The van der Waals surface area contributed by atoms with Gasteiger partial charge < -0.3 is 20.1 Å². The molecule has 0 fully saturated rings. The number of aromatic amines is 1. The van der Waals surface area contributed by atoms with Crippen molar-refractivity contribution in [2.24, 2.45) is 0 Å². The Morgan fingerprint density at radius 1 is 1.57 bits per heavy atom. The number of rotatable bonds is 6. The first-order valence-electron chi connectivity index (χ1n) is 5.82. The van der Waals surface area contributed by atoms with Crippen LogP contribution < -0.4 is 11.2 Å². The van der Waals surface area contributed by atoms with E-state index in [9.17, 15) is 24.2 Å². The molecule has 4 N–H and O–H groups in total. The Morgan fingerprint density at radius 2 is 2.19 bits per heavy atom. The van der Waals surface area contributed by atoms with E-state index in [1.807, 2.05) is 0 Å². The quantitative estimate of drug-likeness (QED) is 0.458. The van der Waals surface area contributed by atoms with Gasteiger partial charge in [-0.3, -0.25) is 14.3 Å². The number of nitrogens with one attached hydrogen (secondary N) is 1. The predicted octanol–water partition coefficient (Wildman–Crippen LogP) is -2.40. The monoisotopic (exact) mass is 303 g/mol. The van der Waals surface area contributed by atoms with Gasteiger partial charge in [-0.15, -0.1) is 0 Å². The van der Waals surface area contributed by atoms with Gasteiger partial charge in [-0.05, 0) is 6.92 Å². The minimum absolute atomic E-state index is 0.342. The second-order valence-electron chi connectivity index (χ2n) is 4.24. The van der Waals surface area contributed by atoms with Crippen LogP contribution >= 0.6 is 0 Å². The number of nitriles is 1. The first kappa shape index (κ1) is 17.0. The maximum Gasteiger partial charge on any atom is 0.331 e. The number of aromatic nitrogens is 2. The first-order chi connectivity index (χ1) is 9.81. The molecule has 1 rings (SSSR count). The average molecular weight is 303 g/mol. The molecule has 0 aromatic carbocycles.